The number of aryl methyl sites for hydroxylation is 1. The van der Waals surface area contributed by atoms with E-state index in [4.69, 9.17) is 9.84 Å². The summed E-state index contributed by atoms with van der Waals surface area (Å²) >= 11 is 0. The van der Waals surface area contributed by atoms with Crippen molar-refractivity contribution in [3.8, 4) is 5.75 Å². The van der Waals surface area contributed by atoms with Gasteiger partial charge in [-0.15, -0.1) is 0 Å². The van der Waals surface area contributed by atoms with Gasteiger partial charge in [-0.05, 0) is 37.1 Å². The van der Waals surface area contributed by atoms with Gasteiger partial charge in [0.1, 0.15) is 12.4 Å². The number of hydrogen-bond donors (Lipinski definition) is 2. The molecule has 0 saturated carbocycles. The van der Waals surface area contributed by atoms with Gasteiger partial charge in [-0.25, -0.2) is 0 Å². The Bertz CT molecular complexity index is 402. The van der Waals surface area contributed by atoms with Crippen molar-refractivity contribution in [2.75, 3.05) is 13.2 Å². The summed E-state index contributed by atoms with van der Waals surface area (Å²) in [5.41, 5.74) is 1.27. The highest BCUT2D eigenvalue weighted by Crippen LogP contribution is 2.18. The molecule has 1 aliphatic rings. The Balaban J connectivity index is 1.88. The number of benzene rings is 1. The summed E-state index contributed by atoms with van der Waals surface area (Å²) < 4.78 is 5.64. The number of nitrogens with one attached hydrogen (secondary N) is 1. The van der Waals surface area contributed by atoms with Gasteiger partial charge in [0.25, 0.3) is 0 Å². The molecule has 1 fully saturated rings. The first-order chi connectivity index (χ1) is 8.70. The van der Waals surface area contributed by atoms with E-state index >= 15 is 0 Å². The fourth-order valence-corrected chi connectivity index (χ4v) is 2.25. The van der Waals surface area contributed by atoms with E-state index in [0.29, 0.717) is 13.0 Å². The van der Waals surface area contributed by atoms with E-state index in [9.17, 15) is 4.79 Å². The first-order valence-corrected chi connectivity index (χ1v) is 6.38. The number of carbonyl (C=O) groups is 1. The average Bonchev–Trinajstić information content (AvgIpc) is 2.85. The zero-order valence-electron chi connectivity index (χ0n) is 10.6. The predicted molar refractivity (Wildman–Crippen MR) is 68.8 cm³/mol. The summed E-state index contributed by atoms with van der Waals surface area (Å²) in [5.74, 6) is -0.278. The molecule has 98 valence electrons. The van der Waals surface area contributed by atoms with Crippen molar-refractivity contribution in [2.45, 2.75) is 25.8 Å². The average molecular weight is 249 g/mol. The SMILES string of the molecule is CCc1ccc(OCC2NCCC2C(=O)O)cc1. The highest BCUT2D eigenvalue weighted by molar-refractivity contribution is 5.71. The molecule has 2 atom stereocenters. The van der Waals surface area contributed by atoms with Crippen LogP contribution in [0.4, 0.5) is 0 Å². The van der Waals surface area contributed by atoms with Crippen LogP contribution in [0.1, 0.15) is 18.9 Å². The van der Waals surface area contributed by atoms with Crippen LogP contribution in [-0.2, 0) is 11.2 Å². The summed E-state index contributed by atoms with van der Waals surface area (Å²) in [6, 6.07) is 7.85. The van der Waals surface area contributed by atoms with E-state index < -0.39 is 5.97 Å². The van der Waals surface area contributed by atoms with E-state index in [1.165, 1.54) is 5.56 Å². The smallest absolute Gasteiger partial charge is 0.308 e. The molecule has 2 N–H and O–H groups in total. The topological polar surface area (TPSA) is 58.6 Å². The van der Waals surface area contributed by atoms with Crippen LogP contribution >= 0.6 is 0 Å². The maximum Gasteiger partial charge on any atom is 0.308 e. The fraction of sp³-hybridized carbons (Fsp3) is 0.500. The lowest BCUT2D eigenvalue weighted by molar-refractivity contribution is -0.142. The number of rotatable bonds is 5. The molecule has 1 heterocycles. The molecule has 0 spiro atoms. The van der Waals surface area contributed by atoms with Gasteiger partial charge in [-0.2, -0.15) is 0 Å². The first kappa shape index (κ1) is 12.9. The van der Waals surface area contributed by atoms with Crippen LogP contribution in [0.2, 0.25) is 0 Å². The van der Waals surface area contributed by atoms with Crippen LogP contribution in [-0.4, -0.2) is 30.3 Å². The molecule has 0 radical (unpaired) electrons. The zero-order valence-corrected chi connectivity index (χ0v) is 10.6. The molecule has 0 aromatic heterocycles. The third kappa shape index (κ3) is 3.01. The van der Waals surface area contributed by atoms with Crippen LogP contribution in [0.15, 0.2) is 24.3 Å². The lowest BCUT2D eigenvalue weighted by Crippen LogP contribution is -2.36. The lowest BCUT2D eigenvalue weighted by atomic mass is 10.0. The van der Waals surface area contributed by atoms with E-state index in [-0.39, 0.29) is 12.0 Å². The number of ether oxygens (including phenoxy) is 1. The molecule has 0 aliphatic carbocycles. The molecule has 1 aromatic carbocycles. The molecule has 1 aliphatic heterocycles. The van der Waals surface area contributed by atoms with Crippen LogP contribution in [0.25, 0.3) is 0 Å². The maximum atomic E-state index is 11.0. The van der Waals surface area contributed by atoms with Gasteiger partial charge in [0.15, 0.2) is 0 Å². The Labute approximate surface area is 107 Å². The van der Waals surface area contributed by atoms with Crippen molar-refractivity contribution in [2.24, 2.45) is 5.92 Å². The van der Waals surface area contributed by atoms with Crippen LogP contribution in [0.3, 0.4) is 0 Å². The van der Waals surface area contributed by atoms with Crippen LogP contribution in [0, 0.1) is 5.92 Å². The van der Waals surface area contributed by atoms with E-state index in [2.05, 4.69) is 12.2 Å². The first-order valence-electron chi connectivity index (χ1n) is 6.38. The van der Waals surface area contributed by atoms with Crippen molar-refractivity contribution >= 4 is 5.97 Å². The second kappa shape index (κ2) is 5.87. The number of carboxylic acids is 1. The van der Waals surface area contributed by atoms with Crippen LogP contribution in [0.5, 0.6) is 5.75 Å². The summed E-state index contributed by atoms with van der Waals surface area (Å²) in [4.78, 5) is 11.0. The lowest BCUT2D eigenvalue weighted by Gasteiger charge is -2.16. The molecule has 18 heavy (non-hydrogen) atoms. The van der Waals surface area contributed by atoms with Gasteiger partial charge in [-0.3, -0.25) is 4.79 Å². The van der Waals surface area contributed by atoms with Gasteiger partial charge in [0.05, 0.1) is 12.0 Å². The molecule has 1 aromatic rings. The molecule has 4 heteroatoms. The highest BCUT2D eigenvalue weighted by Gasteiger charge is 2.32. The normalized spacial score (nSPS) is 22.9. The van der Waals surface area contributed by atoms with Crippen molar-refractivity contribution in [3.05, 3.63) is 29.8 Å². The Kier molecular flexibility index (Phi) is 4.20. The van der Waals surface area contributed by atoms with Crippen molar-refractivity contribution in [3.63, 3.8) is 0 Å². The second-order valence-electron chi connectivity index (χ2n) is 4.60. The number of carboxylic acid groups (broad SMARTS) is 1. The number of aliphatic carboxylic acids is 1. The summed E-state index contributed by atoms with van der Waals surface area (Å²) in [6.45, 7) is 3.26. The molecule has 0 bridgehead atoms. The van der Waals surface area contributed by atoms with Gasteiger partial charge >= 0.3 is 5.97 Å². The standard InChI is InChI=1S/C14H19NO3/c1-2-10-3-5-11(6-4-10)18-9-13-12(14(16)17)7-8-15-13/h3-6,12-13,15H,2,7-9H2,1H3,(H,16,17). The zero-order chi connectivity index (χ0) is 13.0. The van der Waals surface area contributed by atoms with Crippen molar-refractivity contribution in [1.82, 2.24) is 5.32 Å². The van der Waals surface area contributed by atoms with Gasteiger partial charge in [0.2, 0.25) is 0 Å². The van der Waals surface area contributed by atoms with Crippen molar-refractivity contribution in [1.29, 1.82) is 0 Å². The molecule has 0 amide bonds. The summed E-state index contributed by atoms with van der Waals surface area (Å²) in [5, 5.41) is 12.2. The minimum absolute atomic E-state index is 0.0895. The minimum Gasteiger partial charge on any atom is -0.492 e. The molecule has 1 saturated heterocycles. The highest BCUT2D eigenvalue weighted by atomic mass is 16.5. The molecule has 2 unspecified atom stereocenters. The Morgan fingerprint density at radius 3 is 2.78 bits per heavy atom. The molecular weight excluding hydrogens is 230 g/mol. The Hall–Kier alpha value is -1.55. The Morgan fingerprint density at radius 2 is 2.17 bits per heavy atom. The van der Waals surface area contributed by atoms with E-state index in [1.807, 2.05) is 24.3 Å². The second-order valence-corrected chi connectivity index (χ2v) is 4.60. The third-order valence-electron chi connectivity index (χ3n) is 3.43. The maximum absolute atomic E-state index is 11.0. The molecule has 4 nitrogen and oxygen atoms in total. The Morgan fingerprint density at radius 1 is 1.44 bits per heavy atom. The molecular formula is C14H19NO3. The molecule has 2 rings (SSSR count). The monoisotopic (exact) mass is 249 g/mol. The summed E-state index contributed by atoms with van der Waals surface area (Å²) in [7, 11) is 0. The van der Waals surface area contributed by atoms with Gasteiger partial charge in [-0.1, -0.05) is 19.1 Å². The quantitative estimate of drug-likeness (QED) is 0.833. The van der Waals surface area contributed by atoms with Crippen molar-refractivity contribution < 1.29 is 14.6 Å². The van der Waals surface area contributed by atoms with Crippen LogP contribution < -0.4 is 10.1 Å². The van der Waals surface area contributed by atoms with Gasteiger partial charge in [0, 0.05) is 0 Å². The number of hydrogen-bond acceptors (Lipinski definition) is 3. The van der Waals surface area contributed by atoms with Gasteiger partial charge < -0.3 is 15.2 Å². The summed E-state index contributed by atoms with van der Waals surface area (Å²) in [6.07, 6.45) is 1.68. The van der Waals surface area contributed by atoms with E-state index in [0.717, 1.165) is 18.7 Å². The van der Waals surface area contributed by atoms with E-state index in [1.54, 1.807) is 0 Å². The third-order valence-corrected chi connectivity index (χ3v) is 3.43. The largest absolute Gasteiger partial charge is 0.492 e. The minimum atomic E-state index is -0.741. The predicted octanol–water partition coefficient (Wildman–Crippen LogP) is 1.69. The fourth-order valence-electron chi connectivity index (χ4n) is 2.25.